The third-order valence-corrected chi connectivity index (χ3v) is 4.36. The number of halogens is 1. The van der Waals surface area contributed by atoms with Gasteiger partial charge in [0.05, 0.1) is 31.2 Å². The minimum Gasteiger partial charge on any atom is -0.497 e. The second kappa shape index (κ2) is 9.57. The maximum atomic E-state index is 14.1. The summed E-state index contributed by atoms with van der Waals surface area (Å²) in [6.45, 7) is 1.32. The smallest absolute Gasteiger partial charge is 0.259 e. The summed E-state index contributed by atoms with van der Waals surface area (Å²) >= 11 is 0. The maximum absolute atomic E-state index is 14.1. The maximum Gasteiger partial charge on any atom is 0.259 e. The third kappa shape index (κ3) is 5.47. The standard InChI is InChI=1S/C22H20FN3O5/c1-13-17(9-10-31-13)22(29)26-19-11-15(5-8-18(19)23)25-20(27)12-24-21(28)14-3-6-16(30-2)7-4-14/h3-11H,12H2,1-2H3,(H,24,28)(H,25,27)(H,26,29). The minimum atomic E-state index is -0.666. The van der Waals surface area contributed by atoms with Crippen LogP contribution in [0, 0.1) is 12.7 Å². The van der Waals surface area contributed by atoms with Gasteiger partial charge < -0.3 is 25.1 Å². The second-order valence-electron chi connectivity index (χ2n) is 6.50. The molecule has 3 N–H and O–H groups in total. The zero-order valence-electron chi connectivity index (χ0n) is 16.8. The van der Waals surface area contributed by atoms with Crippen LogP contribution in [-0.4, -0.2) is 31.4 Å². The summed E-state index contributed by atoms with van der Waals surface area (Å²) in [5.74, 6) is -1.15. The van der Waals surface area contributed by atoms with E-state index >= 15 is 0 Å². The molecular formula is C22H20FN3O5. The molecule has 3 amide bonds. The van der Waals surface area contributed by atoms with E-state index in [1.807, 2.05) is 0 Å². The van der Waals surface area contributed by atoms with Crippen molar-refractivity contribution in [2.24, 2.45) is 0 Å². The van der Waals surface area contributed by atoms with Crippen LogP contribution < -0.4 is 20.7 Å². The molecule has 1 aromatic heterocycles. The van der Waals surface area contributed by atoms with Gasteiger partial charge in [-0.3, -0.25) is 14.4 Å². The fourth-order valence-corrected chi connectivity index (χ4v) is 2.72. The van der Waals surface area contributed by atoms with Crippen molar-refractivity contribution in [1.82, 2.24) is 5.32 Å². The largest absolute Gasteiger partial charge is 0.497 e. The number of anilines is 2. The van der Waals surface area contributed by atoms with Crippen LogP contribution in [0.2, 0.25) is 0 Å². The lowest BCUT2D eigenvalue weighted by Gasteiger charge is -2.10. The van der Waals surface area contributed by atoms with Crippen molar-refractivity contribution in [3.63, 3.8) is 0 Å². The van der Waals surface area contributed by atoms with E-state index in [0.717, 1.165) is 6.07 Å². The quantitative estimate of drug-likeness (QED) is 0.538. The fraction of sp³-hybridized carbons (Fsp3) is 0.136. The summed E-state index contributed by atoms with van der Waals surface area (Å²) in [4.78, 5) is 36.5. The van der Waals surface area contributed by atoms with Crippen LogP contribution in [-0.2, 0) is 4.79 Å². The molecule has 0 unspecified atom stereocenters. The molecule has 8 nitrogen and oxygen atoms in total. The van der Waals surface area contributed by atoms with Gasteiger partial charge in [-0.25, -0.2) is 4.39 Å². The molecule has 3 rings (SSSR count). The van der Waals surface area contributed by atoms with E-state index in [2.05, 4.69) is 16.0 Å². The summed E-state index contributed by atoms with van der Waals surface area (Å²) in [6, 6.07) is 11.6. The Morgan fingerprint density at radius 1 is 1.00 bits per heavy atom. The Hall–Kier alpha value is -4.14. The van der Waals surface area contributed by atoms with Crippen molar-refractivity contribution < 1.29 is 27.9 Å². The van der Waals surface area contributed by atoms with Gasteiger partial charge in [-0.2, -0.15) is 0 Å². The summed E-state index contributed by atoms with van der Waals surface area (Å²) in [6.07, 6.45) is 1.36. The lowest BCUT2D eigenvalue weighted by atomic mass is 10.2. The monoisotopic (exact) mass is 425 g/mol. The molecule has 0 radical (unpaired) electrons. The summed E-state index contributed by atoms with van der Waals surface area (Å²) in [5.41, 5.74) is 0.792. The number of benzene rings is 2. The lowest BCUT2D eigenvalue weighted by Crippen LogP contribution is -2.32. The van der Waals surface area contributed by atoms with Gasteiger partial charge in [-0.15, -0.1) is 0 Å². The van der Waals surface area contributed by atoms with E-state index in [-0.39, 0.29) is 23.5 Å². The highest BCUT2D eigenvalue weighted by atomic mass is 19.1. The highest BCUT2D eigenvalue weighted by Gasteiger charge is 2.15. The Balaban J connectivity index is 1.58. The molecule has 0 bridgehead atoms. The number of methoxy groups -OCH3 is 1. The van der Waals surface area contributed by atoms with Crippen molar-refractivity contribution in [3.05, 3.63) is 77.5 Å². The molecule has 0 saturated carbocycles. The number of hydrogen-bond acceptors (Lipinski definition) is 5. The molecule has 31 heavy (non-hydrogen) atoms. The Bertz CT molecular complexity index is 1110. The first-order valence-corrected chi connectivity index (χ1v) is 9.24. The van der Waals surface area contributed by atoms with Crippen molar-refractivity contribution in [3.8, 4) is 5.75 Å². The van der Waals surface area contributed by atoms with Crippen molar-refractivity contribution in [2.45, 2.75) is 6.92 Å². The SMILES string of the molecule is COc1ccc(C(=O)NCC(=O)Nc2ccc(F)c(NC(=O)c3ccoc3C)c2)cc1. The molecule has 0 fully saturated rings. The average molecular weight is 425 g/mol. The first kappa shape index (κ1) is 21.6. The topological polar surface area (TPSA) is 110 Å². The molecule has 0 spiro atoms. The number of nitrogens with one attached hydrogen (secondary N) is 3. The number of ether oxygens (including phenoxy) is 1. The van der Waals surface area contributed by atoms with E-state index in [4.69, 9.17) is 9.15 Å². The zero-order valence-corrected chi connectivity index (χ0v) is 16.8. The van der Waals surface area contributed by atoms with Crippen LogP contribution in [0.3, 0.4) is 0 Å². The van der Waals surface area contributed by atoms with E-state index in [1.165, 1.54) is 31.6 Å². The number of rotatable bonds is 7. The van der Waals surface area contributed by atoms with Crippen LogP contribution >= 0.6 is 0 Å². The van der Waals surface area contributed by atoms with Crippen LogP contribution in [0.4, 0.5) is 15.8 Å². The number of amides is 3. The molecule has 0 aliphatic rings. The highest BCUT2D eigenvalue weighted by Crippen LogP contribution is 2.21. The minimum absolute atomic E-state index is 0.106. The first-order chi connectivity index (χ1) is 14.9. The molecule has 1 heterocycles. The number of aryl methyl sites for hydroxylation is 1. The van der Waals surface area contributed by atoms with Gasteiger partial charge in [0.1, 0.15) is 17.3 Å². The molecule has 0 saturated heterocycles. The Labute approximate surface area is 177 Å². The van der Waals surface area contributed by atoms with Crippen molar-refractivity contribution in [2.75, 3.05) is 24.3 Å². The second-order valence-corrected chi connectivity index (χ2v) is 6.50. The molecule has 0 atom stereocenters. The summed E-state index contributed by atoms with van der Waals surface area (Å²) in [5, 5.41) is 7.48. The van der Waals surface area contributed by atoms with Crippen LogP contribution in [0.5, 0.6) is 5.75 Å². The summed E-state index contributed by atoms with van der Waals surface area (Å²) in [7, 11) is 1.52. The number of furan rings is 1. The van der Waals surface area contributed by atoms with E-state index < -0.39 is 23.5 Å². The predicted octanol–water partition coefficient (Wildman–Crippen LogP) is 3.36. The van der Waals surface area contributed by atoms with Crippen LogP contribution in [0.25, 0.3) is 0 Å². The normalized spacial score (nSPS) is 10.3. The average Bonchev–Trinajstić information content (AvgIpc) is 3.20. The molecule has 9 heteroatoms. The molecule has 2 aromatic carbocycles. The first-order valence-electron chi connectivity index (χ1n) is 9.24. The molecule has 0 aliphatic heterocycles. The van der Waals surface area contributed by atoms with Gasteiger partial charge in [0, 0.05) is 11.3 Å². The Morgan fingerprint density at radius 3 is 2.39 bits per heavy atom. The number of hydrogen-bond donors (Lipinski definition) is 3. The highest BCUT2D eigenvalue weighted by molar-refractivity contribution is 6.05. The third-order valence-electron chi connectivity index (χ3n) is 4.36. The van der Waals surface area contributed by atoms with Gasteiger partial charge in [0.25, 0.3) is 11.8 Å². The Kier molecular flexibility index (Phi) is 6.66. The van der Waals surface area contributed by atoms with Crippen molar-refractivity contribution >= 4 is 29.1 Å². The molecule has 0 aliphatic carbocycles. The van der Waals surface area contributed by atoms with Gasteiger partial charge in [-0.1, -0.05) is 0 Å². The molecule has 3 aromatic rings. The van der Waals surface area contributed by atoms with E-state index in [1.54, 1.807) is 31.2 Å². The van der Waals surface area contributed by atoms with E-state index in [0.29, 0.717) is 17.1 Å². The van der Waals surface area contributed by atoms with Gasteiger partial charge in [-0.05, 0) is 55.5 Å². The van der Waals surface area contributed by atoms with Gasteiger partial charge >= 0.3 is 0 Å². The van der Waals surface area contributed by atoms with Gasteiger partial charge in [0.2, 0.25) is 5.91 Å². The fourth-order valence-electron chi connectivity index (χ4n) is 2.72. The lowest BCUT2D eigenvalue weighted by molar-refractivity contribution is -0.115. The van der Waals surface area contributed by atoms with Gasteiger partial charge in [0.15, 0.2) is 0 Å². The van der Waals surface area contributed by atoms with Crippen molar-refractivity contribution in [1.29, 1.82) is 0 Å². The van der Waals surface area contributed by atoms with E-state index in [9.17, 15) is 18.8 Å². The molecule has 160 valence electrons. The zero-order chi connectivity index (χ0) is 22.4. The summed E-state index contributed by atoms with van der Waals surface area (Å²) < 4.78 is 24.2. The van der Waals surface area contributed by atoms with Crippen LogP contribution in [0.1, 0.15) is 26.5 Å². The van der Waals surface area contributed by atoms with Crippen LogP contribution in [0.15, 0.2) is 59.2 Å². The number of carbonyl (C=O) groups excluding carboxylic acids is 3. The number of carbonyl (C=O) groups is 3. The predicted molar refractivity (Wildman–Crippen MR) is 112 cm³/mol. The molecular weight excluding hydrogens is 405 g/mol. The Morgan fingerprint density at radius 2 is 1.74 bits per heavy atom.